The molecule has 20 heavy (non-hydrogen) atoms. The van der Waals surface area contributed by atoms with Crippen LogP contribution in [0.1, 0.15) is 25.7 Å². The maximum Gasteiger partial charge on any atom is 0.323 e. The van der Waals surface area contributed by atoms with Gasteiger partial charge in [-0.1, -0.05) is 12.8 Å². The molecule has 0 aromatic rings. The highest BCUT2D eigenvalue weighted by molar-refractivity contribution is 5.81. The van der Waals surface area contributed by atoms with E-state index in [4.69, 9.17) is 9.84 Å². The summed E-state index contributed by atoms with van der Waals surface area (Å²) in [6.45, 7) is 0.671. The molecule has 1 saturated heterocycles. The normalized spacial score (nSPS) is 23.9. The third kappa shape index (κ3) is 3.40. The van der Waals surface area contributed by atoms with Gasteiger partial charge in [-0.05, 0) is 12.8 Å². The van der Waals surface area contributed by atoms with Crippen LogP contribution >= 0.6 is 0 Å². The van der Waals surface area contributed by atoms with Gasteiger partial charge in [0.05, 0.1) is 25.9 Å². The first-order valence-electron chi connectivity index (χ1n) is 7.11. The van der Waals surface area contributed by atoms with Gasteiger partial charge in [0.25, 0.3) is 0 Å². The van der Waals surface area contributed by atoms with Crippen molar-refractivity contribution in [2.24, 2.45) is 0 Å². The van der Waals surface area contributed by atoms with Gasteiger partial charge in [0.15, 0.2) is 0 Å². The molecule has 1 aliphatic carbocycles. The zero-order chi connectivity index (χ0) is 14.5. The quantitative estimate of drug-likeness (QED) is 0.766. The first-order chi connectivity index (χ1) is 9.63. The molecule has 2 aliphatic rings. The molecule has 2 N–H and O–H groups in total. The Balaban J connectivity index is 2.09. The molecule has 0 radical (unpaired) electrons. The average Bonchev–Trinajstić information content (AvgIpc) is 2.97. The monoisotopic (exact) mass is 286 g/mol. The van der Waals surface area contributed by atoms with Crippen LogP contribution in [0.25, 0.3) is 0 Å². The van der Waals surface area contributed by atoms with E-state index in [1.54, 1.807) is 4.90 Å². The van der Waals surface area contributed by atoms with Gasteiger partial charge in [0.2, 0.25) is 0 Å². The van der Waals surface area contributed by atoms with E-state index in [0.717, 1.165) is 25.7 Å². The Morgan fingerprint density at radius 2 is 2.00 bits per heavy atom. The Morgan fingerprint density at radius 3 is 2.60 bits per heavy atom. The van der Waals surface area contributed by atoms with Gasteiger partial charge < -0.3 is 24.7 Å². The van der Waals surface area contributed by atoms with Crippen molar-refractivity contribution >= 4 is 12.0 Å². The van der Waals surface area contributed by atoms with Crippen molar-refractivity contribution in [3.63, 3.8) is 0 Å². The molecule has 1 saturated carbocycles. The van der Waals surface area contributed by atoms with Gasteiger partial charge in [-0.3, -0.25) is 4.79 Å². The molecule has 0 bridgehead atoms. The Labute approximate surface area is 118 Å². The lowest BCUT2D eigenvalue weighted by atomic mass is 10.2. The fourth-order valence-corrected chi connectivity index (χ4v) is 2.94. The van der Waals surface area contributed by atoms with E-state index in [-0.39, 0.29) is 31.3 Å². The number of hydrogen-bond acceptors (Lipinski definition) is 4. The number of urea groups is 1. The number of aliphatic hydroxyl groups is 1. The summed E-state index contributed by atoms with van der Waals surface area (Å²) in [6.07, 6.45) is 3.77. The molecule has 1 heterocycles. The minimum atomic E-state index is -1.00. The highest BCUT2D eigenvalue weighted by Gasteiger charge is 2.35. The number of nitrogens with zero attached hydrogens (tertiary/aromatic N) is 2. The summed E-state index contributed by atoms with van der Waals surface area (Å²) in [5, 5.41) is 18.4. The van der Waals surface area contributed by atoms with E-state index >= 15 is 0 Å². The SMILES string of the molecule is O=C(O)CN(C(=O)N1CCOCC1CO)C1CCCC1. The Morgan fingerprint density at radius 1 is 1.30 bits per heavy atom. The lowest BCUT2D eigenvalue weighted by molar-refractivity contribution is -0.138. The Hall–Kier alpha value is -1.34. The minimum Gasteiger partial charge on any atom is -0.480 e. The number of amides is 2. The molecular formula is C13H22N2O5. The van der Waals surface area contributed by atoms with Gasteiger partial charge in [-0.25, -0.2) is 4.79 Å². The Kier molecular flexibility index (Phi) is 5.19. The van der Waals surface area contributed by atoms with Crippen LogP contribution in [0.3, 0.4) is 0 Å². The number of ether oxygens (including phenoxy) is 1. The maximum absolute atomic E-state index is 12.6. The molecule has 0 spiro atoms. The Bertz CT molecular complexity index is 357. The van der Waals surface area contributed by atoms with E-state index in [2.05, 4.69) is 0 Å². The van der Waals surface area contributed by atoms with Crippen molar-refractivity contribution in [1.29, 1.82) is 0 Å². The molecule has 2 amide bonds. The first-order valence-corrected chi connectivity index (χ1v) is 7.11. The smallest absolute Gasteiger partial charge is 0.323 e. The summed E-state index contributed by atoms with van der Waals surface area (Å²) in [4.78, 5) is 26.6. The summed E-state index contributed by atoms with van der Waals surface area (Å²) >= 11 is 0. The summed E-state index contributed by atoms with van der Waals surface area (Å²) in [5.41, 5.74) is 0. The van der Waals surface area contributed by atoms with Crippen LogP contribution in [-0.4, -0.2) is 77.0 Å². The molecule has 7 heteroatoms. The maximum atomic E-state index is 12.6. The standard InChI is InChI=1S/C13H22N2O5/c16-8-11-9-20-6-5-14(11)13(19)15(7-12(17)18)10-3-1-2-4-10/h10-11,16H,1-9H2,(H,17,18). The lowest BCUT2D eigenvalue weighted by Gasteiger charge is -2.39. The van der Waals surface area contributed by atoms with Crippen LogP contribution < -0.4 is 0 Å². The topological polar surface area (TPSA) is 90.3 Å². The van der Waals surface area contributed by atoms with Crippen LogP contribution in [0.4, 0.5) is 4.79 Å². The van der Waals surface area contributed by atoms with Crippen molar-refractivity contribution in [3.8, 4) is 0 Å². The second-order valence-electron chi connectivity index (χ2n) is 5.35. The highest BCUT2D eigenvalue weighted by atomic mass is 16.5. The fourth-order valence-electron chi connectivity index (χ4n) is 2.94. The third-order valence-electron chi connectivity index (χ3n) is 4.00. The van der Waals surface area contributed by atoms with Crippen molar-refractivity contribution in [2.75, 3.05) is 32.9 Å². The number of aliphatic carboxylic acids is 1. The van der Waals surface area contributed by atoms with Gasteiger partial charge in [-0.2, -0.15) is 0 Å². The van der Waals surface area contributed by atoms with Gasteiger partial charge in [0, 0.05) is 12.6 Å². The van der Waals surface area contributed by atoms with Crippen LogP contribution in [0.15, 0.2) is 0 Å². The number of carboxylic acid groups (broad SMARTS) is 1. The molecule has 0 aromatic heterocycles. The molecule has 2 rings (SSSR count). The number of carboxylic acids is 1. The predicted molar refractivity (Wildman–Crippen MR) is 70.4 cm³/mol. The van der Waals surface area contributed by atoms with Crippen molar-refractivity contribution in [3.05, 3.63) is 0 Å². The van der Waals surface area contributed by atoms with Crippen LogP contribution in [0.2, 0.25) is 0 Å². The first kappa shape index (κ1) is 15.1. The third-order valence-corrected chi connectivity index (χ3v) is 4.00. The number of aliphatic hydroxyl groups excluding tert-OH is 1. The number of carbonyl (C=O) groups is 2. The molecule has 1 aliphatic heterocycles. The fraction of sp³-hybridized carbons (Fsp3) is 0.846. The zero-order valence-electron chi connectivity index (χ0n) is 11.5. The highest BCUT2D eigenvalue weighted by Crippen LogP contribution is 2.25. The molecule has 114 valence electrons. The van der Waals surface area contributed by atoms with E-state index in [1.165, 1.54) is 4.90 Å². The largest absolute Gasteiger partial charge is 0.480 e. The number of hydrogen-bond donors (Lipinski definition) is 2. The minimum absolute atomic E-state index is 0.000729. The van der Waals surface area contributed by atoms with Gasteiger partial charge >= 0.3 is 12.0 Å². The van der Waals surface area contributed by atoms with Crippen molar-refractivity contribution in [2.45, 2.75) is 37.8 Å². The van der Waals surface area contributed by atoms with E-state index in [9.17, 15) is 14.7 Å². The molecule has 1 unspecified atom stereocenters. The summed E-state index contributed by atoms with van der Waals surface area (Å²) in [7, 11) is 0. The molecule has 0 aromatic carbocycles. The lowest BCUT2D eigenvalue weighted by Crippen LogP contribution is -2.57. The summed E-state index contributed by atoms with van der Waals surface area (Å²) in [6, 6.07) is -0.670. The zero-order valence-corrected chi connectivity index (χ0v) is 11.5. The van der Waals surface area contributed by atoms with Crippen molar-refractivity contribution < 1.29 is 24.5 Å². The van der Waals surface area contributed by atoms with Crippen LogP contribution in [0.5, 0.6) is 0 Å². The molecule has 2 fully saturated rings. The second kappa shape index (κ2) is 6.90. The number of rotatable bonds is 4. The summed E-state index contributed by atoms with van der Waals surface area (Å²) in [5.74, 6) is -1.00. The number of carbonyl (C=O) groups excluding carboxylic acids is 1. The molecule has 7 nitrogen and oxygen atoms in total. The van der Waals surface area contributed by atoms with Crippen LogP contribution in [0, 0.1) is 0 Å². The van der Waals surface area contributed by atoms with Crippen LogP contribution in [-0.2, 0) is 9.53 Å². The van der Waals surface area contributed by atoms with Gasteiger partial charge in [-0.15, -0.1) is 0 Å². The predicted octanol–water partition coefficient (Wildman–Crippen LogP) is 0.129. The van der Waals surface area contributed by atoms with E-state index in [1.807, 2.05) is 0 Å². The van der Waals surface area contributed by atoms with Crippen molar-refractivity contribution in [1.82, 2.24) is 9.80 Å². The van der Waals surface area contributed by atoms with E-state index in [0.29, 0.717) is 19.8 Å². The van der Waals surface area contributed by atoms with Gasteiger partial charge in [0.1, 0.15) is 6.54 Å². The molecule has 1 atom stereocenters. The summed E-state index contributed by atoms with van der Waals surface area (Å²) < 4.78 is 5.25. The number of morpholine rings is 1. The van der Waals surface area contributed by atoms with E-state index < -0.39 is 5.97 Å². The second-order valence-corrected chi connectivity index (χ2v) is 5.35. The average molecular weight is 286 g/mol. The molecular weight excluding hydrogens is 264 g/mol.